The number of likely N-dealkylation sites (N-methyl/N-ethyl adjacent to an activating group) is 2. The zero-order valence-corrected chi connectivity index (χ0v) is 18.5. The maximum absolute atomic E-state index is 6.48. The minimum Gasteiger partial charge on any atom is -0.492 e. The van der Waals surface area contributed by atoms with Gasteiger partial charge in [0, 0.05) is 29.2 Å². The Morgan fingerprint density at radius 1 is 0.966 bits per heavy atom. The van der Waals surface area contributed by atoms with Crippen molar-refractivity contribution in [2.45, 2.75) is 6.42 Å². The van der Waals surface area contributed by atoms with Gasteiger partial charge in [-0.3, -0.25) is 0 Å². The number of rotatable bonds is 8. The van der Waals surface area contributed by atoms with Crippen molar-refractivity contribution in [1.82, 2.24) is 9.80 Å². The third-order valence-corrected chi connectivity index (χ3v) is 5.20. The molecule has 0 aromatic heterocycles. The van der Waals surface area contributed by atoms with Crippen molar-refractivity contribution in [2.75, 3.05) is 47.9 Å². The molecular weight excluding hydrogens is 380 g/mol. The van der Waals surface area contributed by atoms with Gasteiger partial charge in [0.15, 0.2) is 0 Å². The van der Waals surface area contributed by atoms with Crippen LogP contribution < -0.4 is 4.74 Å². The molecule has 0 aliphatic heterocycles. The van der Waals surface area contributed by atoms with Crippen molar-refractivity contribution in [2.24, 2.45) is 0 Å². The monoisotopic (exact) mass is 409 g/mol. The van der Waals surface area contributed by atoms with Gasteiger partial charge in [0.2, 0.25) is 0 Å². The summed E-state index contributed by atoms with van der Waals surface area (Å²) in [5, 5.41) is 0.757. The van der Waals surface area contributed by atoms with Gasteiger partial charge in [-0.1, -0.05) is 48.0 Å². The third-order valence-electron chi connectivity index (χ3n) is 4.87. The molecule has 2 aromatic carbocycles. The molecule has 0 bridgehead atoms. The Labute approximate surface area is 180 Å². The summed E-state index contributed by atoms with van der Waals surface area (Å²) in [5.74, 6) is 0.911. The number of hydrogen-bond acceptors (Lipinski definition) is 3. The maximum Gasteiger partial charge on any atom is 0.127 e. The van der Waals surface area contributed by atoms with Crippen molar-refractivity contribution in [3.8, 4) is 16.9 Å². The molecule has 3 nitrogen and oxygen atoms in total. The second-order valence-corrected chi connectivity index (χ2v) is 8.27. The normalized spacial score (nSPS) is 14.2. The zero-order chi connectivity index (χ0) is 20.8. The van der Waals surface area contributed by atoms with Gasteiger partial charge in [0.1, 0.15) is 12.4 Å². The first-order valence-corrected chi connectivity index (χ1v) is 10.4. The highest BCUT2D eigenvalue weighted by atomic mass is 35.5. The molecule has 0 unspecified atom stereocenters. The topological polar surface area (TPSA) is 15.7 Å². The van der Waals surface area contributed by atoms with Gasteiger partial charge in [0.05, 0.1) is 0 Å². The van der Waals surface area contributed by atoms with Gasteiger partial charge < -0.3 is 14.5 Å². The van der Waals surface area contributed by atoms with E-state index >= 15 is 0 Å². The Hall–Kier alpha value is -2.07. The number of hydrogen-bond donors (Lipinski definition) is 0. The molecule has 1 aliphatic carbocycles. The first-order valence-electron chi connectivity index (χ1n) is 10.00. The summed E-state index contributed by atoms with van der Waals surface area (Å²) in [6, 6.07) is 14.4. The van der Waals surface area contributed by atoms with Crippen molar-refractivity contribution in [3.05, 3.63) is 77.2 Å². The zero-order valence-electron chi connectivity index (χ0n) is 17.8. The molecule has 0 saturated carbocycles. The van der Waals surface area contributed by atoms with Gasteiger partial charge in [-0.05, 0) is 75.9 Å². The molecule has 0 saturated heterocycles. The molecule has 3 rings (SSSR count). The summed E-state index contributed by atoms with van der Waals surface area (Å²) < 4.78 is 6.21. The molecule has 0 amide bonds. The second-order valence-electron chi connectivity index (χ2n) is 7.86. The third kappa shape index (κ3) is 5.72. The van der Waals surface area contributed by atoms with Crippen LogP contribution in [0.25, 0.3) is 16.7 Å². The van der Waals surface area contributed by atoms with E-state index in [0.29, 0.717) is 6.61 Å². The molecular formula is C25H30ClN2O. The van der Waals surface area contributed by atoms with E-state index in [4.69, 9.17) is 16.3 Å². The lowest BCUT2D eigenvalue weighted by molar-refractivity contribution is 0.261. The summed E-state index contributed by atoms with van der Waals surface area (Å²) in [7, 11) is 8.32. The molecule has 1 radical (unpaired) electrons. The predicted octanol–water partition coefficient (Wildman–Crippen LogP) is 5.43. The highest BCUT2D eigenvalue weighted by Crippen LogP contribution is 2.38. The minimum absolute atomic E-state index is 0.648. The predicted molar refractivity (Wildman–Crippen MR) is 124 cm³/mol. The quantitative estimate of drug-likeness (QED) is 0.578. The number of ether oxygens (including phenoxy) is 1. The van der Waals surface area contributed by atoms with Gasteiger partial charge in [0.25, 0.3) is 0 Å². The van der Waals surface area contributed by atoms with Crippen LogP contribution in [0.1, 0.15) is 12.0 Å². The lowest BCUT2D eigenvalue weighted by Crippen LogP contribution is -2.20. The van der Waals surface area contributed by atoms with Crippen LogP contribution >= 0.6 is 11.6 Å². The van der Waals surface area contributed by atoms with E-state index in [1.165, 1.54) is 11.1 Å². The Kier molecular flexibility index (Phi) is 7.54. The SMILES string of the molecule is CN(C)CCOc1ccc(-c2ccccc2Cl)cc1C1=C(CN(C)C)[CH]CC=C1. The van der Waals surface area contributed by atoms with E-state index in [1.54, 1.807) is 0 Å². The number of halogens is 1. The Bertz CT molecular complexity index is 899. The average Bonchev–Trinajstić information content (AvgIpc) is 2.68. The smallest absolute Gasteiger partial charge is 0.127 e. The summed E-state index contributed by atoms with van der Waals surface area (Å²) in [4.78, 5) is 4.33. The van der Waals surface area contributed by atoms with Crippen molar-refractivity contribution in [3.63, 3.8) is 0 Å². The lowest BCUT2D eigenvalue weighted by atomic mass is 9.89. The van der Waals surface area contributed by atoms with Crippen LogP contribution in [0.4, 0.5) is 0 Å². The van der Waals surface area contributed by atoms with Crippen LogP contribution in [0.5, 0.6) is 5.75 Å². The van der Waals surface area contributed by atoms with Crippen LogP contribution in [0.3, 0.4) is 0 Å². The molecule has 0 heterocycles. The molecule has 29 heavy (non-hydrogen) atoms. The average molecular weight is 410 g/mol. The standard InChI is InChI=1S/C25H30ClN2O/c1-27(2)15-16-29-25-14-13-19(22-11-7-8-12-24(22)26)17-23(25)21-10-6-5-9-20(21)18-28(3)4/h6-14,17H,5,15-16,18H2,1-4H3. The van der Waals surface area contributed by atoms with Crippen LogP contribution in [-0.4, -0.2) is 57.7 Å². The number of nitrogens with zero attached hydrogens (tertiary/aromatic N) is 2. The van der Waals surface area contributed by atoms with Gasteiger partial charge in [-0.15, -0.1) is 0 Å². The summed E-state index contributed by atoms with van der Waals surface area (Å²) in [6.45, 7) is 2.42. The fraction of sp³-hybridized carbons (Fsp3) is 0.320. The van der Waals surface area contributed by atoms with Crippen LogP contribution in [-0.2, 0) is 0 Å². The van der Waals surface area contributed by atoms with Crippen molar-refractivity contribution >= 4 is 17.2 Å². The van der Waals surface area contributed by atoms with Crippen LogP contribution in [0.2, 0.25) is 5.02 Å². The van der Waals surface area contributed by atoms with Crippen LogP contribution in [0, 0.1) is 6.42 Å². The second kappa shape index (κ2) is 10.1. The maximum atomic E-state index is 6.48. The fourth-order valence-electron chi connectivity index (χ4n) is 3.43. The highest BCUT2D eigenvalue weighted by molar-refractivity contribution is 6.33. The Balaban J connectivity index is 2.07. The molecule has 4 heteroatoms. The fourth-order valence-corrected chi connectivity index (χ4v) is 3.68. The number of benzene rings is 2. The molecule has 153 valence electrons. The molecule has 2 aromatic rings. The van der Waals surface area contributed by atoms with E-state index < -0.39 is 0 Å². The molecule has 1 aliphatic rings. The van der Waals surface area contributed by atoms with E-state index in [1.807, 2.05) is 18.2 Å². The molecule has 0 fully saturated rings. The highest BCUT2D eigenvalue weighted by Gasteiger charge is 2.17. The molecule has 0 N–H and O–H groups in total. The molecule has 0 spiro atoms. The molecule has 0 atom stereocenters. The summed E-state index contributed by atoms with van der Waals surface area (Å²) >= 11 is 6.48. The van der Waals surface area contributed by atoms with Gasteiger partial charge in [-0.25, -0.2) is 0 Å². The van der Waals surface area contributed by atoms with E-state index in [9.17, 15) is 0 Å². The Morgan fingerprint density at radius 3 is 2.48 bits per heavy atom. The lowest BCUT2D eigenvalue weighted by Gasteiger charge is -2.22. The number of allylic oxidation sites excluding steroid dienone is 3. The largest absolute Gasteiger partial charge is 0.492 e. The van der Waals surface area contributed by atoms with Crippen molar-refractivity contribution < 1.29 is 4.74 Å². The first-order chi connectivity index (χ1) is 14.0. The van der Waals surface area contributed by atoms with E-state index in [2.05, 4.69) is 80.8 Å². The van der Waals surface area contributed by atoms with Crippen molar-refractivity contribution in [1.29, 1.82) is 0 Å². The van der Waals surface area contributed by atoms with Gasteiger partial charge >= 0.3 is 0 Å². The van der Waals surface area contributed by atoms with Gasteiger partial charge in [-0.2, -0.15) is 0 Å². The Morgan fingerprint density at radius 2 is 1.76 bits per heavy atom. The first kappa shape index (κ1) is 21.6. The minimum atomic E-state index is 0.648. The summed E-state index contributed by atoms with van der Waals surface area (Å²) in [5.41, 5.74) is 5.80. The van der Waals surface area contributed by atoms with Crippen LogP contribution in [0.15, 0.2) is 60.2 Å². The van der Waals surface area contributed by atoms with E-state index in [0.717, 1.165) is 47.0 Å². The summed E-state index contributed by atoms with van der Waals surface area (Å²) in [6.07, 6.45) is 7.71. The van der Waals surface area contributed by atoms with E-state index in [-0.39, 0.29) is 0 Å².